The van der Waals surface area contributed by atoms with Gasteiger partial charge in [0.15, 0.2) is 0 Å². The summed E-state index contributed by atoms with van der Waals surface area (Å²) in [6.07, 6.45) is 6.08. The summed E-state index contributed by atoms with van der Waals surface area (Å²) in [6, 6.07) is 8.86. The van der Waals surface area contributed by atoms with Gasteiger partial charge in [-0.3, -0.25) is 9.69 Å². The second-order valence-electron chi connectivity index (χ2n) is 7.86. The molecule has 0 aromatic heterocycles. The lowest BCUT2D eigenvalue weighted by molar-refractivity contribution is -0.134. The van der Waals surface area contributed by atoms with E-state index in [1.807, 2.05) is 4.90 Å². The molecular weight excluding hydrogens is 312 g/mol. The van der Waals surface area contributed by atoms with Crippen molar-refractivity contribution >= 4 is 5.91 Å². The SMILES string of the molecule is Cc1ccc(CCC2CCN(C(=O)CN3CCC(O)CC3)CC2)cc1. The van der Waals surface area contributed by atoms with Gasteiger partial charge in [0.05, 0.1) is 12.6 Å². The van der Waals surface area contributed by atoms with Gasteiger partial charge in [0, 0.05) is 26.2 Å². The average molecular weight is 344 g/mol. The van der Waals surface area contributed by atoms with Crippen LogP contribution >= 0.6 is 0 Å². The number of carbonyl (C=O) groups is 1. The summed E-state index contributed by atoms with van der Waals surface area (Å²) in [7, 11) is 0. The Morgan fingerprint density at radius 3 is 2.32 bits per heavy atom. The molecule has 2 fully saturated rings. The standard InChI is InChI=1S/C21H32N2O2/c1-17-2-4-18(5-3-17)6-7-19-8-14-23(15-9-19)21(25)16-22-12-10-20(24)11-13-22/h2-5,19-20,24H,6-16H2,1H3. The molecule has 1 aromatic rings. The van der Waals surface area contributed by atoms with Gasteiger partial charge in [-0.2, -0.15) is 0 Å². The lowest BCUT2D eigenvalue weighted by Gasteiger charge is -2.35. The molecule has 0 aliphatic carbocycles. The molecule has 0 saturated carbocycles. The highest BCUT2D eigenvalue weighted by Crippen LogP contribution is 2.23. The van der Waals surface area contributed by atoms with Crippen LogP contribution in [0, 0.1) is 12.8 Å². The van der Waals surface area contributed by atoms with Gasteiger partial charge in [-0.25, -0.2) is 0 Å². The van der Waals surface area contributed by atoms with E-state index >= 15 is 0 Å². The van der Waals surface area contributed by atoms with Crippen molar-refractivity contribution in [3.05, 3.63) is 35.4 Å². The zero-order valence-corrected chi connectivity index (χ0v) is 15.5. The van der Waals surface area contributed by atoms with E-state index < -0.39 is 0 Å². The van der Waals surface area contributed by atoms with Crippen LogP contribution in [0.1, 0.15) is 43.2 Å². The van der Waals surface area contributed by atoms with Crippen LogP contribution < -0.4 is 0 Å². The lowest BCUT2D eigenvalue weighted by Crippen LogP contribution is -2.46. The van der Waals surface area contributed by atoms with E-state index in [-0.39, 0.29) is 12.0 Å². The number of nitrogens with zero attached hydrogens (tertiary/aromatic N) is 2. The molecule has 0 spiro atoms. The van der Waals surface area contributed by atoms with E-state index in [1.165, 1.54) is 17.5 Å². The molecule has 138 valence electrons. The number of aliphatic hydroxyl groups is 1. The maximum absolute atomic E-state index is 12.5. The van der Waals surface area contributed by atoms with Gasteiger partial charge < -0.3 is 10.0 Å². The number of hydrogen-bond donors (Lipinski definition) is 1. The van der Waals surface area contributed by atoms with Crippen molar-refractivity contribution in [2.24, 2.45) is 5.92 Å². The number of aryl methyl sites for hydroxylation is 2. The van der Waals surface area contributed by atoms with Crippen molar-refractivity contribution in [3.8, 4) is 0 Å². The zero-order valence-electron chi connectivity index (χ0n) is 15.5. The Labute approximate surface area is 151 Å². The minimum absolute atomic E-state index is 0.171. The number of aliphatic hydroxyl groups excluding tert-OH is 1. The van der Waals surface area contributed by atoms with Crippen LogP contribution in [0.5, 0.6) is 0 Å². The molecule has 1 aromatic carbocycles. The molecule has 2 saturated heterocycles. The van der Waals surface area contributed by atoms with Crippen LogP contribution in [0.4, 0.5) is 0 Å². The van der Waals surface area contributed by atoms with Crippen molar-refractivity contribution in [1.29, 1.82) is 0 Å². The molecule has 2 aliphatic rings. The van der Waals surface area contributed by atoms with Crippen LogP contribution in [0.15, 0.2) is 24.3 Å². The van der Waals surface area contributed by atoms with Crippen molar-refractivity contribution in [3.63, 3.8) is 0 Å². The smallest absolute Gasteiger partial charge is 0.236 e. The van der Waals surface area contributed by atoms with E-state index in [0.29, 0.717) is 6.54 Å². The van der Waals surface area contributed by atoms with Gasteiger partial charge in [-0.1, -0.05) is 29.8 Å². The van der Waals surface area contributed by atoms with Crippen LogP contribution in [0.2, 0.25) is 0 Å². The summed E-state index contributed by atoms with van der Waals surface area (Å²) in [4.78, 5) is 16.7. The number of rotatable bonds is 5. The highest BCUT2D eigenvalue weighted by atomic mass is 16.3. The number of piperidine rings is 2. The Bertz CT molecular complexity index is 542. The topological polar surface area (TPSA) is 43.8 Å². The summed E-state index contributed by atoms with van der Waals surface area (Å²) in [5, 5.41) is 9.56. The Morgan fingerprint density at radius 2 is 1.68 bits per heavy atom. The van der Waals surface area contributed by atoms with E-state index in [1.54, 1.807) is 0 Å². The monoisotopic (exact) mass is 344 g/mol. The Kier molecular flexibility index (Phi) is 6.49. The third kappa shape index (κ3) is 5.55. The van der Waals surface area contributed by atoms with Crippen molar-refractivity contribution in [2.75, 3.05) is 32.7 Å². The van der Waals surface area contributed by atoms with Crippen LogP contribution in [0.25, 0.3) is 0 Å². The number of carbonyl (C=O) groups excluding carboxylic acids is 1. The third-order valence-corrected chi connectivity index (χ3v) is 5.85. The summed E-state index contributed by atoms with van der Waals surface area (Å²) in [5.41, 5.74) is 2.75. The van der Waals surface area contributed by atoms with Gasteiger partial charge in [-0.05, 0) is 56.9 Å². The van der Waals surface area contributed by atoms with Crippen LogP contribution in [-0.4, -0.2) is 59.6 Å². The fraction of sp³-hybridized carbons (Fsp3) is 0.667. The van der Waals surface area contributed by atoms with Gasteiger partial charge in [0.25, 0.3) is 0 Å². The molecule has 0 radical (unpaired) electrons. The summed E-state index contributed by atoms with van der Waals surface area (Å²) >= 11 is 0. The molecule has 0 atom stereocenters. The molecule has 25 heavy (non-hydrogen) atoms. The van der Waals surface area contributed by atoms with Crippen LogP contribution in [-0.2, 0) is 11.2 Å². The Balaban J connectivity index is 1.36. The minimum atomic E-state index is -0.171. The van der Waals surface area contributed by atoms with E-state index in [0.717, 1.165) is 64.2 Å². The highest BCUT2D eigenvalue weighted by molar-refractivity contribution is 5.78. The average Bonchev–Trinajstić information content (AvgIpc) is 2.63. The maximum atomic E-state index is 12.5. The van der Waals surface area contributed by atoms with Crippen molar-refractivity contribution in [1.82, 2.24) is 9.80 Å². The minimum Gasteiger partial charge on any atom is -0.393 e. The molecule has 4 heteroatoms. The first-order valence-electron chi connectivity index (χ1n) is 9.84. The van der Waals surface area contributed by atoms with Crippen molar-refractivity contribution in [2.45, 2.75) is 51.6 Å². The molecule has 2 heterocycles. The van der Waals surface area contributed by atoms with E-state index in [4.69, 9.17) is 0 Å². The number of hydrogen-bond acceptors (Lipinski definition) is 3. The maximum Gasteiger partial charge on any atom is 0.236 e. The quantitative estimate of drug-likeness (QED) is 0.893. The van der Waals surface area contributed by atoms with Gasteiger partial charge in [0.2, 0.25) is 5.91 Å². The normalized spacial score (nSPS) is 20.8. The Morgan fingerprint density at radius 1 is 1.04 bits per heavy atom. The van der Waals surface area contributed by atoms with Gasteiger partial charge >= 0.3 is 0 Å². The predicted molar refractivity (Wildman–Crippen MR) is 100 cm³/mol. The first kappa shape index (κ1) is 18.4. The molecular formula is C21H32N2O2. The van der Waals surface area contributed by atoms with Crippen LogP contribution in [0.3, 0.4) is 0 Å². The van der Waals surface area contributed by atoms with Gasteiger partial charge in [-0.15, -0.1) is 0 Å². The number of benzene rings is 1. The summed E-state index contributed by atoms with van der Waals surface area (Å²) in [6.45, 7) is 6.17. The zero-order chi connectivity index (χ0) is 17.6. The second kappa shape index (κ2) is 8.81. The molecule has 1 N–H and O–H groups in total. The molecule has 0 bridgehead atoms. The molecule has 1 amide bonds. The van der Waals surface area contributed by atoms with E-state index in [9.17, 15) is 9.90 Å². The number of amides is 1. The lowest BCUT2D eigenvalue weighted by atomic mass is 9.90. The van der Waals surface area contributed by atoms with Crippen molar-refractivity contribution < 1.29 is 9.90 Å². The first-order chi connectivity index (χ1) is 12.1. The molecule has 0 unspecified atom stereocenters. The molecule has 2 aliphatic heterocycles. The molecule has 3 rings (SSSR count). The summed E-state index contributed by atoms with van der Waals surface area (Å²) < 4.78 is 0. The first-order valence-corrected chi connectivity index (χ1v) is 9.84. The fourth-order valence-electron chi connectivity index (χ4n) is 3.97. The molecule has 4 nitrogen and oxygen atoms in total. The van der Waals surface area contributed by atoms with E-state index in [2.05, 4.69) is 36.1 Å². The third-order valence-electron chi connectivity index (χ3n) is 5.85. The Hall–Kier alpha value is -1.39. The largest absolute Gasteiger partial charge is 0.393 e. The highest BCUT2D eigenvalue weighted by Gasteiger charge is 2.25. The summed E-state index contributed by atoms with van der Waals surface area (Å²) in [5.74, 6) is 1.02. The predicted octanol–water partition coefficient (Wildman–Crippen LogP) is 2.62. The number of likely N-dealkylation sites (tertiary alicyclic amines) is 2. The fourth-order valence-corrected chi connectivity index (χ4v) is 3.97. The van der Waals surface area contributed by atoms with Gasteiger partial charge in [0.1, 0.15) is 0 Å². The second-order valence-corrected chi connectivity index (χ2v) is 7.86.